The summed E-state index contributed by atoms with van der Waals surface area (Å²) in [6, 6.07) is 7.26. The number of hydrogen-bond acceptors (Lipinski definition) is 4. The van der Waals surface area contributed by atoms with Gasteiger partial charge >= 0.3 is 12.1 Å². The van der Waals surface area contributed by atoms with Gasteiger partial charge in [0.1, 0.15) is 17.1 Å². The van der Waals surface area contributed by atoms with Crippen LogP contribution in [0.1, 0.15) is 23.0 Å². The summed E-state index contributed by atoms with van der Waals surface area (Å²) in [4.78, 5) is 11.7. The summed E-state index contributed by atoms with van der Waals surface area (Å²) in [7, 11) is 1.47. The molecule has 0 atom stereocenters. The SMILES string of the molecule is CCOC(=O)c1cc(-c2ccc(OC)cc2)oc1C(F)(F)F. The Morgan fingerprint density at radius 2 is 1.86 bits per heavy atom. The van der Waals surface area contributed by atoms with Crippen LogP contribution in [0, 0.1) is 0 Å². The normalized spacial score (nSPS) is 11.3. The van der Waals surface area contributed by atoms with Crippen molar-refractivity contribution in [2.24, 2.45) is 0 Å². The molecule has 0 saturated carbocycles. The van der Waals surface area contributed by atoms with Crippen molar-refractivity contribution in [3.63, 3.8) is 0 Å². The summed E-state index contributed by atoms with van der Waals surface area (Å²) >= 11 is 0. The molecule has 1 heterocycles. The maximum absolute atomic E-state index is 13.0. The summed E-state index contributed by atoms with van der Waals surface area (Å²) in [6.07, 6.45) is -4.78. The van der Waals surface area contributed by atoms with Crippen molar-refractivity contribution in [1.82, 2.24) is 0 Å². The quantitative estimate of drug-likeness (QED) is 0.795. The molecule has 0 aliphatic heterocycles. The molecule has 0 saturated heterocycles. The van der Waals surface area contributed by atoms with Gasteiger partial charge < -0.3 is 13.9 Å². The second kappa shape index (κ2) is 6.13. The number of carbonyl (C=O) groups excluding carboxylic acids is 1. The van der Waals surface area contributed by atoms with Gasteiger partial charge in [-0.2, -0.15) is 13.2 Å². The molecule has 4 nitrogen and oxygen atoms in total. The Morgan fingerprint density at radius 1 is 1.23 bits per heavy atom. The van der Waals surface area contributed by atoms with Gasteiger partial charge in [-0.1, -0.05) is 0 Å². The number of benzene rings is 1. The van der Waals surface area contributed by atoms with E-state index in [0.717, 1.165) is 6.07 Å². The molecule has 0 bridgehead atoms. The second-order valence-electron chi connectivity index (χ2n) is 4.30. The van der Waals surface area contributed by atoms with Crippen LogP contribution in [0.2, 0.25) is 0 Å². The number of carbonyl (C=O) groups is 1. The minimum Gasteiger partial charge on any atom is -0.497 e. The predicted octanol–water partition coefficient (Wildman–Crippen LogP) is 4.15. The zero-order valence-corrected chi connectivity index (χ0v) is 11.9. The van der Waals surface area contributed by atoms with Crippen LogP contribution in [0.3, 0.4) is 0 Å². The molecule has 2 aromatic rings. The third-order valence-corrected chi connectivity index (χ3v) is 2.86. The lowest BCUT2D eigenvalue weighted by Gasteiger charge is -2.05. The standard InChI is InChI=1S/C15H13F3O4/c1-3-21-14(19)11-8-12(22-13(11)15(16,17)18)9-4-6-10(20-2)7-5-9/h4-8H,3H2,1-2H3. The Balaban J connectivity index is 2.47. The average Bonchev–Trinajstić information content (AvgIpc) is 2.93. The maximum Gasteiger partial charge on any atom is 0.450 e. The predicted molar refractivity (Wildman–Crippen MR) is 71.7 cm³/mol. The number of furan rings is 1. The van der Waals surface area contributed by atoms with Gasteiger partial charge in [0.25, 0.3) is 0 Å². The molecule has 0 spiro atoms. The Kier molecular flexibility index (Phi) is 4.44. The molecular weight excluding hydrogens is 301 g/mol. The van der Waals surface area contributed by atoms with Gasteiger partial charge in [0, 0.05) is 5.56 Å². The lowest BCUT2D eigenvalue weighted by atomic mass is 10.1. The number of esters is 1. The number of hydrogen-bond donors (Lipinski definition) is 0. The van der Waals surface area contributed by atoms with Crippen molar-refractivity contribution in [2.45, 2.75) is 13.1 Å². The molecule has 0 aliphatic rings. The highest BCUT2D eigenvalue weighted by atomic mass is 19.4. The Morgan fingerprint density at radius 3 is 2.36 bits per heavy atom. The molecule has 0 unspecified atom stereocenters. The largest absolute Gasteiger partial charge is 0.497 e. The number of alkyl halides is 3. The van der Waals surface area contributed by atoms with E-state index in [1.807, 2.05) is 0 Å². The van der Waals surface area contributed by atoms with E-state index in [4.69, 9.17) is 9.15 Å². The van der Waals surface area contributed by atoms with Crippen molar-refractivity contribution in [3.05, 3.63) is 41.7 Å². The van der Waals surface area contributed by atoms with Crippen LogP contribution in [0.5, 0.6) is 5.75 Å². The summed E-state index contributed by atoms with van der Waals surface area (Å²) in [5.74, 6) is -1.95. The zero-order chi connectivity index (χ0) is 16.3. The fourth-order valence-corrected chi connectivity index (χ4v) is 1.86. The lowest BCUT2D eigenvalue weighted by Crippen LogP contribution is -2.12. The molecule has 7 heteroatoms. The van der Waals surface area contributed by atoms with E-state index in [-0.39, 0.29) is 12.4 Å². The minimum atomic E-state index is -4.78. The average molecular weight is 314 g/mol. The topological polar surface area (TPSA) is 48.7 Å². The smallest absolute Gasteiger partial charge is 0.450 e. The maximum atomic E-state index is 13.0. The third-order valence-electron chi connectivity index (χ3n) is 2.86. The van der Waals surface area contributed by atoms with Crippen LogP contribution in [-0.2, 0) is 10.9 Å². The van der Waals surface area contributed by atoms with Gasteiger partial charge in [0.2, 0.25) is 5.76 Å². The van der Waals surface area contributed by atoms with Crippen LogP contribution in [0.4, 0.5) is 13.2 Å². The third kappa shape index (κ3) is 3.24. The van der Waals surface area contributed by atoms with Crippen molar-refractivity contribution in [2.75, 3.05) is 13.7 Å². The highest BCUT2D eigenvalue weighted by Gasteiger charge is 2.41. The zero-order valence-electron chi connectivity index (χ0n) is 11.9. The number of methoxy groups -OCH3 is 1. The van der Waals surface area contributed by atoms with E-state index >= 15 is 0 Å². The summed E-state index contributed by atoms with van der Waals surface area (Å²) < 4.78 is 53.4. The highest BCUT2D eigenvalue weighted by molar-refractivity contribution is 5.92. The minimum absolute atomic E-state index is 0.0286. The van der Waals surface area contributed by atoms with Crippen molar-refractivity contribution in [1.29, 1.82) is 0 Å². The van der Waals surface area contributed by atoms with Crippen LogP contribution >= 0.6 is 0 Å². The summed E-state index contributed by atoms with van der Waals surface area (Å²) in [5.41, 5.74) is -0.248. The van der Waals surface area contributed by atoms with Gasteiger partial charge in [0.15, 0.2) is 0 Å². The van der Waals surface area contributed by atoms with Crippen molar-refractivity contribution in [3.8, 4) is 17.1 Å². The summed E-state index contributed by atoms with van der Waals surface area (Å²) in [5, 5.41) is 0. The first kappa shape index (κ1) is 15.9. The first-order valence-corrected chi connectivity index (χ1v) is 6.39. The molecule has 22 heavy (non-hydrogen) atoms. The number of rotatable bonds is 4. The van der Waals surface area contributed by atoms with E-state index < -0.39 is 23.5 Å². The van der Waals surface area contributed by atoms with E-state index in [1.165, 1.54) is 26.2 Å². The fraction of sp³-hybridized carbons (Fsp3) is 0.267. The van der Waals surface area contributed by atoms with E-state index in [0.29, 0.717) is 11.3 Å². The van der Waals surface area contributed by atoms with Gasteiger partial charge in [-0.25, -0.2) is 4.79 Å². The Bertz CT molecular complexity index is 656. The molecule has 2 rings (SSSR count). The van der Waals surface area contributed by atoms with Crippen molar-refractivity contribution >= 4 is 5.97 Å². The van der Waals surface area contributed by atoms with E-state index in [9.17, 15) is 18.0 Å². The van der Waals surface area contributed by atoms with Crippen molar-refractivity contribution < 1.29 is 31.9 Å². The van der Waals surface area contributed by atoms with Crippen LogP contribution in [0.25, 0.3) is 11.3 Å². The molecular formula is C15H13F3O4. The van der Waals surface area contributed by atoms with Crippen LogP contribution < -0.4 is 4.74 Å². The van der Waals surface area contributed by atoms with E-state index in [2.05, 4.69) is 4.74 Å². The Labute approximate surface area is 124 Å². The second-order valence-corrected chi connectivity index (χ2v) is 4.30. The van der Waals surface area contributed by atoms with Crippen LogP contribution in [0.15, 0.2) is 34.7 Å². The van der Waals surface area contributed by atoms with Gasteiger partial charge in [-0.05, 0) is 37.3 Å². The first-order chi connectivity index (χ1) is 10.4. The molecule has 0 aliphatic carbocycles. The monoisotopic (exact) mass is 314 g/mol. The van der Waals surface area contributed by atoms with Gasteiger partial charge in [-0.15, -0.1) is 0 Å². The van der Waals surface area contributed by atoms with Crippen LogP contribution in [-0.4, -0.2) is 19.7 Å². The number of ether oxygens (including phenoxy) is 2. The number of halogens is 3. The van der Waals surface area contributed by atoms with E-state index in [1.54, 1.807) is 12.1 Å². The molecule has 0 N–H and O–H groups in total. The lowest BCUT2D eigenvalue weighted by molar-refractivity contribution is -0.153. The molecule has 1 aromatic carbocycles. The summed E-state index contributed by atoms with van der Waals surface area (Å²) in [6.45, 7) is 1.48. The molecule has 0 radical (unpaired) electrons. The molecule has 0 amide bonds. The van der Waals surface area contributed by atoms with Gasteiger partial charge in [-0.3, -0.25) is 0 Å². The fourth-order valence-electron chi connectivity index (χ4n) is 1.86. The van der Waals surface area contributed by atoms with Gasteiger partial charge in [0.05, 0.1) is 13.7 Å². The molecule has 1 aromatic heterocycles. The molecule has 118 valence electrons. The first-order valence-electron chi connectivity index (χ1n) is 6.39. The Hall–Kier alpha value is -2.44. The molecule has 0 fully saturated rings. The highest BCUT2D eigenvalue weighted by Crippen LogP contribution is 2.37.